The van der Waals surface area contributed by atoms with Gasteiger partial charge < -0.3 is 16.3 Å². The number of oxime groups is 1. The summed E-state index contributed by atoms with van der Waals surface area (Å²) < 4.78 is 13.5. The first-order chi connectivity index (χ1) is 8.54. The van der Waals surface area contributed by atoms with Crippen molar-refractivity contribution in [3.63, 3.8) is 0 Å². The van der Waals surface area contributed by atoms with E-state index in [1.807, 2.05) is 0 Å². The summed E-state index contributed by atoms with van der Waals surface area (Å²) >= 11 is 5.81. The molecular formula is C12H15ClFN3O. The molecule has 1 aromatic rings. The van der Waals surface area contributed by atoms with Gasteiger partial charge in [0.15, 0.2) is 0 Å². The number of halogens is 2. The lowest BCUT2D eigenvalue weighted by Gasteiger charge is -2.16. The molecule has 0 amide bonds. The van der Waals surface area contributed by atoms with Crippen LogP contribution in [-0.4, -0.2) is 17.6 Å². The molecule has 0 spiro atoms. The molecular weight excluding hydrogens is 257 g/mol. The number of hydrogen-bond donors (Lipinski definition) is 3. The van der Waals surface area contributed by atoms with Crippen LogP contribution in [0.3, 0.4) is 0 Å². The van der Waals surface area contributed by atoms with Gasteiger partial charge in [-0.2, -0.15) is 0 Å². The summed E-state index contributed by atoms with van der Waals surface area (Å²) in [5, 5.41) is 15.0. The molecule has 1 aliphatic rings. The van der Waals surface area contributed by atoms with Crippen LogP contribution in [0, 0.1) is 11.2 Å². The zero-order valence-corrected chi connectivity index (χ0v) is 10.5. The molecule has 0 saturated heterocycles. The van der Waals surface area contributed by atoms with Crippen molar-refractivity contribution in [2.24, 2.45) is 16.3 Å². The van der Waals surface area contributed by atoms with Crippen molar-refractivity contribution in [1.29, 1.82) is 0 Å². The number of nitrogens with zero attached hydrogens (tertiary/aromatic N) is 1. The fraction of sp³-hybridized carbons (Fsp3) is 0.417. The molecule has 1 fully saturated rings. The summed E-state index contributed by atoms with van der Waals surface area (Å²) in [5.74, 6) is -0.125. The lowest BCUT2D eigenvalue weighted by atomic mass is 10.0. The predicted octanol–water partition coefficient (Wildman–Crippen LogP) is 2.81. The minimum atomic E-state index is -0.334. The first kappa shape index (κ1) is 13.0. The third-order valence-corrected chi connectivity index (χ3v) is 3.46. The highest BCUT2D eigenvalue weighted by atomic mass is 35.5. The van der Waals surface area contributed by atoms with Crippen LogP contribution in [0.25, 0.3) is 0 Å². The third kappa shape index (κ3) is 3.04. The molecule has 0 bridgehead atoms. The molecule has 0 radical (unpaired) electrons. The second-order valence-corrected chi connectivity index (χ2v) is 5.18. The first-order valence-electron chi connectivity index (χ1n) is 5.70. The highest BCUT2D eigenvalue weighted by Crippen LogP contribution is 2.48. The van der Waals surface area contributed by atoms with Crippen LogP contribution in [0.4, 0.5) is 10.1 Å². The molecule has 1 saturated carbocycles. The van der Waals surface area contributed by atoms with Crippen molar-refractivity contribution in [1.82, 2.24) is 0 Å². The Kier molecular flexibility index (Phi) is 3.61. The van der Waals surface area contributed by atoms with E-state index >= 15 is 0 Å². The number of benzene rings is 1. The molecule has 1 aromatic carbocycles. The van der Waals surface area contributed by atoms with E-state index in [1.54, 1.807) is 6.07 Å². The monoisotopic (exact) mass is 271 g/mol. The van der Waals surface area contributed by atoms with Crippen LogP contribution >= 0.6 is 11.6 Å². The highest BCUT2D eigenvalue weighted by molar-refractivity contribution is 6.30. The summed E-state index contributed by atoms with van der Waals surface area (Å²) in [4.78, 5) is 0. The Morgan fingerprint density at radius 2 is 2.28 bits per heavy atom. The molecule has 6 heteroatoms. The largest absolute Gasteiger partial charge is 0.409 e. The number of hydrogen-bond acceptors (Lipinski definition) is 3. The summed E-state index contributed by atoms with van der Waals surface area (Å²) in [5.41, 5.74) is 5.86. The SMILES string of the molecule is NC(CC1(CNc2cc(Cl)ccc2F)CC1)=NO. The smallest absolute Gasteiger partial charge is 0.146 e. The van der Waals surface area contributed by atoms with Crippen molar-refractivity contribution in [2.75, 3.05) is 11.9 Å². The normalized spacial score (nSPS) is 17.6. The molecule has 0 aliphatic heterocycles. The Hall–Kier alpha value is -1.49. The van der Waals surface area contributed by atoms with Crippen LogP contribution in [-0.2, 0) is 0 Å². The van der Waals surface area contributed by atoms with Crippen LogP contribution in [0.2, 0.25) is 5.02 Å². The van der Waals surface area contributed by atoms with E-state index in [-0.39, 0.29) is 17.1 Å². The Bertz CT molecular complexity index is 474. The lowest BCUT2D eigenvalue weighted by molar-refractivity contribution is 0.315. The molecule has 1 aliphatic carbocycles. The molecule has 0 unspecified atom stereocenters. The van der Waals surface area contributed by atoms with Crippen molar-refractivity contribution >= 4 is 23.1 Å². The van der Waals surface area contributed by atoms with Gasteiger partial charge in [0.25, 0.3) is 0 Å². The van der Waals surface area contributed by atoms with Gasteiger partial charge in [-0.3, -0.25) is 0 Å². The van der Waals surface area contributed by atoms with E-state index in [9.17, 15) is 4.39 Å². The first-order valence-corrected chi connectivity index (χ1v) is 6.08. The number of anilines is 1. The van der Waals surface area contributed by atoms with E-state index in [0.717, 1.165) is 12.8 Å². The molecule has 0 atom stereocenters. The standard InChI is InChI=1S/C12H15ClFN3O/c13-8-1-2-9(14)10(5-8)16-7-12(3-4-12)6-11(15)17-18/h1-2,5,16,18H,3-4,6-7H2,(H2,15,17). The summed E-state index contributed by atoms with van der Waals surface area (Å²) in [6.45, 7) is 0.584. The van der Waals surface area contributed by atoms with Gasteiger partial charge in [-0.25, -0.2) is 4.39 Å². The second kappa shape index (κ2) is 5.02. The van der Waals surface area contributed by atoms with E-state index in [1.165, 1.54) is 12.1 Å². The van der Waals surface area contributed by atoms with Crippen molar-refractivity contribution in [3.8, 4) is 0 Å². The number of rotatable bonds is 5. The van der Waals surface area contributed by atoms with Gasteiger partial charge in [0.1, 0.15) is 11.7 Å². The fourth-order valence-electron chi connectivity index (χ4n) is 1.93. The van der Waals surface area contributed by atoms with Crippen molar-refractivity contribution < 1.29 is 9.60 Å². The molecule has 98 valence electrons. The Balaban J connectivity index is 1.97. The van der Waals surface area contributed by atoms with Gasteiger partial charge in [-0.05, 0) is 36.5 Å². The number of nitrogens with one attached hydrogen (secondary N) is 1. The van der Waals surface area contributed by atoms with Gasteiger partial charge in [0.05, 0.1) is 5.69 Å². The minimum Gasteiger partial charge on any atom is -0.409 e. The maximum Gasteiger partial charge on any atom is 0.146 e. The minimum absolute atomic E-state index is 0.0227. The summed E-state index contributed by atoms with van der Waals surface area (Å²) in [7, 11) is 0. The maximum atomic E-state index is 13.5. The van der Waals surface area contributed by atoms with Crippen LogP contribution in [0.1, 0.15) is 19.3 Å². The van der Waals surface area contributed by atoms with Gasteiger partial charge in [0.2, 0.25) is 0 Å². The zero-order valence-electron chi connectivity index (χ0n) is 9.79. The Morgan fingerprint density at radius 1 is 1.56 bits per heavy atom. The van der Waals surface area contributed by atoms with Crippen LogP contribution in [0.5, 0.6) is 0 Å². The molecule has 4 nitrogen and oxygen atoms in total. The second-order valence-electron chi connectivity index (χ2n) is 4.75. The quantitative estimate of drug-likeness (QED) is 0.334. The van der Waals surface area contributed by atoms with Gasteiger partial charge in [-0.15, -0.1) is 0 Å². The average molecular weight is 272 g/mol. The topological polar surface area (TPSA) is 70.6 Å². The van der Waals surface area contributed by atoms with Gasteiger partial charge in [0, 0.05) is 18.0 Å². The van der Waals surface area contributed by atoms with E-state index in [2.05, 4.69) is 10.5 Å². The molecule has 18 heavy (non-hydrogen) atoms. The predicted molar refractivity (Wildman–Crippen MR) is 69.6 cm³/mol. The fourth-order valence-corrected chi connectivity index (χ4v) is 2.10. The summed E-state index contributed by atoms with van der Waals surface area (Å²) in [6.07, 6.45) is 2.48. The maximum absolute atomic E-state index is 13.5. The number of nitrogens with two attached hydrogens (primary N) is 1. The van der Waals surface area contributed by atoms with Crippen LogP contribution < -0.4 is 11.1 Å². The van der Waals surface area contributed by atoms with Crippen LogP contribution in [0.15, 0.2) is 23.4 Å². The van der Waals surface area contributed by atoms with E-state index in [0.29, 0.717) is 23.7 Å². The van der Waals surface area contributed by atoms with Crippen molar-refractivity contribution in [2.45, 2.75) is 19.3 Å². The van der Waals surface area contributed by atoms with Gasteiger partial charge in [-0.1, -0.05) is 16.8 Å². The molecule has 4 N–H and O–H groups in total. The average Bonchev–Trinajstić information content (AvgIpc) is 3.10. The molecule has 0 heterocycles. The zero-order chi connectivity index (χ0) is 13.2. The third-order valence-electron chi connectivity index (χ3n) is 3.22. The highest BCUT2D eigenvalue weighted by Gasteiger charge is 2.43. The lowest BCUT2D eigenvalue weighted by Crippen LogP contribution is -2.24. The Labute approximate surface area is 110 Å². The Morgan fingerprint density at radius 3 is 2.89 bits per heavy atom. The van der Waals surface area contributed by atoms with E-state index < -0.39 is 0 Å². The number of amidine groups is 1. The van der Waals surface area contributed by atoms with E-state index in [4.69, 9.17) is 22.5 Å². The van der Waals surface area contributed by atoms with Crippen molar-refractivity contribution in [3.05, 3.63) is 29.0 Å². The molecule has 2 rings (SSSR count). The molecule has 0 aromatic heterocycles. The summed E-state index contributed by atoms with van der Waals surface area (Å²) in [6, 6.07) is 4.38. The van der Waals surface area contributed by atoms with Gasteiger partial charge >= 0.3 is 0 Å².